The molecule has 17 heavy (non-hydrogen) atoms. The van der Waals surface area contributed by atoms with Gasteiger partial charge in [-0.2, -0.15) is 0 Å². The standard InChI is InChI=1S/C13H16BrNO2/c14-9-17-12-8-4-3-7-11(12)13(16)15-10-5-1-2-6-10/h3-4,7-8,10H,1-2,5-6,9H2,(H,15,16). The molecule has 0 unspecified atom stereocenters. The van der Waals surface area contributed by atoms with Gasteiger partial charge in [0.15, 0.2) is 0 Å². The van der Waals surface area contributed by atoms with E-state index in [4.69, 9.17) is 4.74 Å². The quantitative estimate of drug-likeness (QED) is 0.868. The minimum absolute atomic E-state index is 0.0338. The van der Waals surface area contributed by atoms with E-state index in [-0.39, 0.29) is 5.91 Å². The highest BCUT2D eigenvalue weighted by molar-refractivity contribution is 9.09. The molecular formula is C13H16BrNO2. The van der Waals surface area contributed by atoms with E-state index in [2.05, 4.69) is 21.2 Å². The Balaban J connectivity index is 2.06. The number of carbonyl (C=O) groups excluding carboxylic acids is 1. The second kappa shape index (κ2) is 6.05. The zero-order valence-electron chi connectivity index (χ0n) is 9.62. The fourth-order valence-corrected chi connectivity index (χ4v) is 2.42. The molecule has 0 aliphatic heterocycles. The van der Waals surface area contributed by atoms with E-state index in [1.807, 2.05) is 18.2 Å². The number of benzene rings is 1. The first-order chi connectivity index (χ1) is 8.31. The summed E-state index contributed by atoms with van der Waals surface area (Å²) < 4.78 is 5.38. The fourth-order valence-electron chi connectivity index (χ4n) is 2.17. The van der Waals surface area contributed by atoms with E-state index in [0.29, 0.717) is 22.9 Å². The van der Waals surface area contributed by atoms with Gasteiger partial charge in [0.25, 0.3) is 5.91 Å². The number of para-hydroxylation sites is 1. The van der Waals surface area contributed by atoms with Crippen molar-refractivity contribution in [3.05, 3.63) is 29.8 Å². The molecule has 92 valence electrons. The third kappa shape index (κ3) is 3.22. The summed E-state index contributed by atoms with van der Waals surface area (Å²) >= 11 is 3.20. The predicted octanol–water partition coefficient (Wildman–Crippen LogP) is 3.09. The highest BCUT2D eigenvalue weighted by Crippen LogP contribution is 2.21. The molecule has 0 heterocycles. The van der Waals surface area contributed by atoms with Gasteiger partial charge in [-0.3, -0.25) is 4.79 Å². The maximum absolute atomic E-state index is 12.1. The molecule has 1 N–H and O–H groups in total. The highest BCUT2D eigenvalue weighted by Gasteiger charge is 2.19. The lowest BCUT2D eigenvalue weighted by molar-refractivity contribution is 0.0934. The molecule has 1 saturated carbocycles. The molecule has 1 aromatic carbocycles. The fraction of sp³-hybridized carbons (Fsp3) is 0.462. The topological polar surface area (TPSA) is 38.3 Å². The Bertz CT molecular complexity index is 389. The van der Waals surface area contributed by atoms with Gasteiger partial charge in [0.2, 0.25) is 0 Å². The number of amides is 1. The Morgan fingerprint density at radius 3 is 2.76 bits per heavy atom. The molecule has 0 aromatic heterocycles. The lowest BCUT2D eigenvalue weighted by Crippen LogP contribution is -2.32. The molecular weight excluding hydrogens is 282 g/mol. The molecule has 1 aliphatic carbocycles. The monoisotopic (exact) mass is 297 g/mol. The van der Waals surface area contributed by atoms with Crippen molar-refractivity contribution in [1.29, 1.82) is 0 Å². The van der Waals surface area contributed by atoms with Gasteiger partial charge in [-0.05, 0) is 40.9 Å². The zero-order chi connectivity index (χ0) is 12.1. The van der Waals surface area contributed by atoms with Gasteiger partial charge in [0.05, 0.1) is 5.56 Å². The smallest absolute Gasteiger partial charge is 0.255 e. The Labute approximate surface area is 110 Å². The number of ether oxygens (including phenoxy) is 1. The van der Waals surface area contributed by atoms with Crippen molar-refractivity contribution in [2.45, 2.75) is 31.7 Å². The maximum atomic E-state index is 12.1. The summed E-state index contributed by atoms with van der Waals surface area (Å²) in [5.41, 5.74) is 1.000. The average Bonchev–Trinajstić information content (AvgIpc) is 2.83. The molecule has 3 nitrogen and oxygen atoms in total. The molecule has 2 rings (SSSR count). The van der Waals surface area contributed by atoms with Gasteiger partial charge in [-0.25, -0.2) is 0 Å². The SMILES string of the molecule is O=C(NC1CCCC1)c1ccccc1OCBr. The molecule has 1 aromatic rings. The zero-order valence-corrected chi connectivity index (χ0v) is 11.2. The van der Waals surface area contributed by atoms with E-state index in [0.717, 1.165) is 12.8 Å². The van der Waals surface area contributed by atoms with Crippen molar-refractivity contribution >= 4 is 21.8 Å². The second-order valence-electron chi connectivity index (χ2n) is 4.20. The number of carbonyl (C=O) groups is 1. The van der Waals surface area contributed by atoms with Crippen molar-refractivity contribution in [2.75, 3.05) is 5.52 Å². The summed E-state index contributed by atoms with van der Waals surface area (Å²) in [6.07, 6.45) is 4.61. The van der Waals surface area contributed by atoms with Crippen molar-refractivity contribution in [3.8, 4) is 5.75 Å². The third-order valence-corrected chi connectivity index (χ3v) is 3.26. The first-order valence-electron chi connectivity index (χ1n) is 5.90. The second-order valence-corrected chi connectivity index (χ2v) is 4.66. The van der Waals surface area contributed by atoms with E-state index < -0.39 is 0 Å². The molecule has 1 fully saturated rings. The van der Waals surface area contributed by atoms with Gasteiger partial charge in [-0.15, -0.1) is 0 Å². The Morgan fingerprint density at radius 2 is 2.06 bits per heavy atom. The summed E-state index contributed by atoms with van der Waals surface area (Å²) in [5.74, 6) is 0.591. The van der Waals surface area contributed by atoms with E-state index in [9.17, 15) is 4.79 Å². The van der Waals surface area contributed by atoms with Crippen LogP contribution in [0.3, 0.4) is 0 Å². The van der Waals surface area contributed by atoms with E-state index in [1.54, 1.807) is 6.07 Å². The molecule has 0 saturated heterocycles. The number of rotatable bonds is 4. The molecule has 0 atom stereocenters. The molecule has 0 radical (unpaired) electrons. The summed E-state index contributed by atoms with van der Waals surface area (Å²) in [5, 5.41) is 3.06. The Morgan fingerprint density at radius 1 is 1.35 bits per heavy atom. The van der Waals surface area contributed by atoms with Crippen LogP contribution in [0, 0.1) is 0 Å². The summed E-state index contributed by atoms with van der Waals surface area (Å²) in [7, 11) is 0. The number of alkyl halides is 1. The van der Waals surface area contributed by atoms with E-state index >= 15 is 0 Å². The Kier molecular flexibility index (Phi) is 4.42. The number of hydrogen-bond donors (Lipinski definition) is 1. The summed E-state index contributed by atoms with van der Waals surface area (Å²) in [4.78, 5) is 12.1. The molecule has 1 amide bonds. The van der Waals surface area contributed by atoms with Gasteiger partial charge < -0.3 is 10.1 Å². The van der Waals surface area contributed by atoms with Crippen molar-refractivity contribution in [3.63, 3.8) is 0 Å². The van der Waals surface area contributed by atoms with Crippen LogP contribution in [0.25, 0.3) is 0 Å². The first kappa shape index (κ1) is 12.4. The summed E-state index contributed by atoms with van der Waals surface area (Å²) in [6.45, 7) is 0. The van der Waals surface area contributed by atoms with Crippen LogP contribution in [-0.4, -0.2) is 17.5 Å². The van der Waals surface area contributed by atoms with Crippen molar-refractivity contribution in [1.82, 2.24) is 5.32 Å². The van der Waals surface area contributed by atoms with Crippen LogP contribution < -0.4 is 10.1 Å². The summed E-state index contributed by atoms with van der Waals surface area (Å²) in [6, 6.07) is 7.65. The first-order valence-corrected chi connectivity index (χ1v) is 7.02. The van der Waals surface area contributed by atoms with Crippen LogP contribution in [0.5, 0.6) is 5.75 Å². The molecule has 0 spiro atoms. The van der Waals surface area contributed by atoms with Crippen LogP contribution in [0.4, 0.5) is 0 Å². The van der Waals surface area contributed by atoms with Crippen LogP contribution in [0.1, 0.15) is 36.0 Å². The molecule has 1 aliphatic rings. The van der Waals surface area contributed by atoms with Gasteiger partial charge in [-0.1, -0.05) is 25.0 Å². The third-order valence-electron chi connectivity index (χ3n) is 3.03. The predicted molar refractivity (Wildman–Crippen MR) is 70.6 cm³/mol. The van der Waals surface area contributed by atoms with Crippen LogP contribution in [-0.2, 0) is 0 Å². The van der Waals surface area contributed by atoms with Crippen molar-refractivity contribution < 1.29 is 9.53 Å². The van der Waals surface area contributed by atoms with Gasteiger partial charge in [0, 0.05) is 6.04 Å². The number of halogens is 1. The number of hydrogen-bond acceptors (Lipinski definition) is 2. The van der Waals surface area contributed by atoms with Gasteiger partial charge in [0.1, 0.15) is 11.3 Å². The van der Waals surface area contributed by atoms with Gasteiger partial charge >= 0.3 is 0 Å². The minimum Gasteiger partial charge on any atom is -0.482 e. The lowest BCUT2D eigenvalue weighted by Gasteiger charge is -2.14. The highest BCUT2D eigenvalue weighted by atomic mass is 79.9. The lowest BCUT2D eigenvalue weighted by atomic mass is 10.1. The number of nitrogens with one attached hydrogen (secondary N) is 1. The molecule has 4 heteroatoms. The largest absolute Gasteiger partial charge is 0.482 e. The van der Waals surface area contributed by atoms with Crippen LogP contribution in [0.2, 0.25) is 0 Å². The molecule has 0 bridgehead atoms. The normalized spacial score (nSPS) is 15.8. The van der Waals surface area contributed by atoms with E-state index in [1.165, 1.54) is 12.8 Å². The van der Waals surface area contributed by atoms with Crippen LogP contribution >= 0.6 is 15.9 Å². The maximum Gasteiger partial charge on any atom is 0.255 e. The van der Waals surface area contributed by atoms with Crippen LogP contribution in [0.15, 0.2) is 24.3 Å². The minimum atomic E-state index is -0.0338. The van der Waals surface area contributed by atoms with Crippen molar-refractivity contribution in [2.24, 2.45) is 0 Å². The average molecular weight is 298 g/mol. The Hall–Kier alpha value is -1.03.